The summed E-state index contributed by atoms with van der Waals surface area (Å²) in [6, 6.07) is 37.2. The van der Waals surface area contributed by atoms with Crippen molar-refractivity contribution in [3.8, 4) is 45.5 Å². The van der Waals surface area contributed by atoms with E-state index in [1.807, 2.05) is 115 Å². The number of ether oxygens (including phenoxy) is 2. The van der Waals surface area contributed by atoms with E-state index in [1.165, 1.54) is 0 Å². The zero-order valence-electron chi connectivity index (χ0n) is 17.3. The van der Waals surface area contributed by atoms with Crippen LogP contribution in [0, 0.1) is 0 Å². The number of hydrogen-bond acceptors (Lipinski definition) is 4. The first-order chi connectivity index (χ1) is 15.8. The first-order valence-electron chi connectivity index (χ1n) is 10.3. The molecule has 1 heterocycles. The summed E-state index contributed by atoms with van der Waals surface area (Å²) in [6.45, 7) is 0. The van der Waals surface area contributed by atoms with Crippen molar-refractivity contribution in [2.75, 3.05) is 0 Å². The lowest BCUT2D eigenvalue weighted by molar-refractivity contribution is 0.482. The minimum Gasteiger partial charge on any atom is -0.457 e. The van der Waals surface area contributed by atoms with Gasteiger partial charge in [-0.3, -0.25) is 0 Å². The van der Waals surface area contributed by atoms with Crippen LogP contribution in [0.15, 0.2) is 122 Å². The summed E-state index contributed by atoms with van der Waals surface area (Å²) in [4.78, 5) is 8.89. The van der Waals surface area contributed by atoms with Crippen molar-refractivity contribution < 1.29 is 9.47 Å². The molecule has 0 spiro atoms. The van der Waals surface area contributed by atoms with Gasteiger partial charge in [0.05, 0.1) is 11.4 Å². The maximum Gasteiger partial charge on any atom is 0.127 e. The molecule has 0 aliphatic heterocycles. The van der Waals surface area contributed by atoms with Gasteiger partial charge in [-0.15, -0.1) is 0 Å². The maximum absolute atomic E-state index is 5.87. The highest BCUT2D eigenvalue weighted by atomic mass is 16.5. The highest BCUT2D eigenvalue weighted by Crippen LogP contribution is 2.28. The van der Waals surface area contributed by atoms with Gasteiger partial charge in [0, 0.05) is 11.1 Å². The molecule has 154 valence electrons. The smallest absolute Gasteiger partial charge is 0.127 e. The molecule has 0 bridgehead atoms. The Balaban J connectivity index is 1.32. The van der Waals surface area contributed by atoms with Gasteiger partial charge >= 0.3 is 0 Å². The second kappa shape index (κ2) is 9.14. The quantitative estimate of drug-likeness (QED) is 0.289. The molecular formula is C28H20N2O2. The summed E-state index contributed by atoms with van der Waals surface area (Å²) in [7, 11) is 0. The number of para-hydroxylation sites is 2. The summed E-state index contributed by atoms with van der Waals surface area (Å²) in [5, 5.41) is 0. The Labute approximate surface area is 186 Å². The fraction of sp³-hybridized carbons (Fsp3) is 0. The van der Waals surface area contributed by atoms with E-state index in [0.29, 0.717) is 0 Å². The fourth-order valence-electron chi connectivity index (χ4n) is 3.31. The average Bonchev–Trinajstić information content (AvgIpc) is 2.86. The highest BCUT2D eigenvalue weighted by molar-refractivity contribution is 5.68. The monoisotopic (exact) mass is 416 g/mol. The molecule has 4 heteroatoms. The summed E-state index contributed by atoms with van der Waals surface area (Å²) >= 11 is 0. The average molecular weight is 416 g/mol. The second-order valence-corrected chi connectivity index (χ2v) is 7.17. The predicted octanol–water partition coefficient (Wildman–Crippen LogP) is 7.40. The summed E-state index contributed by atoms with van der Waals surface area (Å²) in [5.41, 5.74) is 3.70. The molecule has 0 N–H and O–H groups in total. The number of hydrogen-bond donors (Lipinski definition) is 0. The van der Waals surface area contributed by atoms with Gasteiger partial charge in [-0.05, 0) is 78.9 Å². The van der Waals surface area contributed by atoms with Gasteiger partial charge in [0.15, 0.2) is 0 Å². The fourth-order valence-corrected chi connectivity index (χ4v) is 3.31. The maximum atomic E-state index is 5.87. The lowest BCUT2D eigenvalue weighted by Gasteiger charge is -2.08. The Morgan fingerprint density at radius 1 is 0.406 bits per heavy atom. The van der Waals surface area contributed by atoms with Crippen molar-refractivity contribution in [3.63, 3.8) is 0 Å². The van der Waals surface area contributed by atoms with E-state index in [2.05, 4.69) is 9.97 Å². The van der Waals surface area contributed by atoms with Crippen LogP contribution in [0.3, 0.4) is 0 Å². The first kappa shape index (κ1) is 19.5. The SMILES string of the molecule is c1ccc(Oc2ccc(-c3cc(-c4ccc(Oc5ccccc5)cc4)ncn3)cc2)cc1. The number of nitrogens with zero attached hydrogens (tertiary/aromatic N) is 2. The lowest BCUT2D eigenvalue weighted by Crippen LogP contribution is -1.90. The van der Waals surface area contributed by atoms with Crippen molar-refractivity contribution in [1.29, 1.82) is 0 Å². The van der Waals surface area contributed by atoms with E-state index >= 15 is 0 Å². The molecular weight excluding hydrogens is 396 g/mol. The van der Waals surface area contributed by atoms with Crippen LogP contribution in [0.5, 0.6) is 23.0 Å². The van der Waals surface area contributed by atoms with Gasteiger partial charge in [0.1, 0.15) is 29.3 Å². The Kier molecular flexibility index (Phi) is 5.58. The van der Waals surface area contributed by atoms with Gasteiger partial charge in [-0.1, -0.05) is 36.4 Å². The van der Waals surface area contributed by atoms with Crippen LogP contribution in [-0.4, -0.2) is 9.97 Å². The highest BCUT2D eigenvalue weighted by Gasteiger charge is 2.06. The van der Waals surface area contributed by atoms with Gasteiger partial charge < -0.3 is 9.47 Å². The minimum absolute atomic E-state index is 0.781. The lowest BCUT2D eigenvalue weighted by atomic mass is 10.1. The summed E-state index contributed by atoms with van der Waals surface area (Å²) in [6.07, 6.45) is 1.59. The normalized spacial score (nSPS) is 10.5. The Morgan fingerprint density at radius 2 is 0.781 bits per heavy atom. The zero-order chi connectivity index (χ0) is 21.6. The van der Waals surface area contributed by atoms with Crippen LogP contribution in [0.2, 0.25) is 0 Å². The molecule has 1 aromatic heterocycles. The third-order valence-electron chi connectivity index (χ3n) is 4.93. The molecule has 32 heavy (non-hydrogen) atoms. The van der Waals surface area contributed by atoms with E-state index in [-0.39, 0.29) is 0 Å². The van der Waals surface area contributed by atoms with Crippen LogP contribution < -0.4 is 9.47 Å². The largest absolute Gasteiger partial charge is 0.457 e. The molecule has 4 aromatic carbocycles. The molecule has 0 amide bonds. The molecule has 0 fully saturated rings. The van der Waals surface area contributed by atoms with Crippen molar-refractivity contribution in [1.82, 2.24) is 9.97 Å². The minimum atomic E-state index is 0.781. The molecule has 0 saturated carbocycles. The standard InChI is InChI=1S/C28H20N2O2/c1-3-7-23(8-4-1)31-25-15-11-21(12-16-25)27-19-28(30-20-29-27)22-13-17-26(18-14-22)32-24-9-5-2-6-10-24/h1-20H. The number of rotatable bonds is 6. The Bertz CT molecular complexity index is 1190. The van der Waals surface area contributed by atoms with E-state index in [0.717, 1.165) is 45.5 Å². The molecule has 4 nitrogen and oxygen atoms in total. The predicted molar refractivity (Wildman–Crippen MR) is 126 cm³/mol. The molecule has 5 rings (SSSR count). The van der Waals surface area contributed by atoms with Crippen LogP contribution in [0.4, 0.5) is 0 Å². The van der Waals surface area contributed by atoms with E-state index in [4.69, 9.17) is 9.47 Å². The topological polar surface area (TPSA) is 44.2 Å². The van der Waals surface area contributed by atoms with E-state index in [1.54, 1.807) is 6.33 Å². The van der Waals surface area contributed by atoms with Crippen molar-refractivity contribution in [3.05, 3.63) is 122 Å². The summed E-state index contributed by atoms with van der Waals surface area (Å²) < 4.78 is 11.7. The molecule has 0 atom stereocenters. The van der Waals surface area contributed by atoms with Crippen LogP contribution in [-0.2, 0) is 0 Å². The van der Waals surface area contributed by atoms with Gasteiger partial charge in [-0.25, -0.2) is 9.97 Å². The van der Waals surface area contributed by atoms with Gasteiger partial charge in [0.2, 0.25) is 0 Å². The van der Waals surface area contributed by atoms with Crippen LogP contribution in [0.1, 0.15) is 0 Å². The third-order valence-corrected chi connectivity index (χ3v) is 4.93. The zero-order valence-corrected chi connectivity index (χ0v) is 17.3. The molecule has 0 saturated heterocycles. The second-order valence-electron chi connectivity index (χ2n) is 7.17. The van der Waals surface area contributed by atoms with Gasteiger partial charge in [0.25, 0.3) is 0 Å². The molecule has 0 unspecified atom stereocenters. The molecule has 0 aliphatic carbocycles. The molecule has 5 aromatic rings. The molecule has 0 radical (unpaired) electrons. The van der Waals surface area contributed by atoms with Crippen molar-refractivity contribution >= 4 is 0 Å². The summed E-state index contributed by atoms with van der Waals surface area (Å²) in [5.74, 6) is 3.18. The number of aromatic nitrogens is 2. The van der Waals surface area contributed by atoms with Crippen LogP contribution >= 0.6 is 0 Å². The van der Waals surface area contributed by atoms with Crippen molar-refractivity contribution in [2.45, 2.75) is 0 Å². The van der Waals surface area contributed by atoms with E-state index in [9.17, 15) is 0 Å². The third kappa shape index (κ3) is 4.65. The van der Waals surface area contributed by atoms with Crippen LogP contribution in [0.25, 0.3) is 22.5 Å². The number of benzene rings is 4. The molecule has 0 aliphatic rings. The van der Waals surface area contributed by atoms with Gasteiger partial charge in [-0.2, -0.15) is 0 Å². The Morgan fingerprint density at radius 3 is 1.19 bits per heavy atom. The Hall–Kier alpha value is -4.44. The van der Waals surface area contributed by atoms with Crippen molar-refractivity contribution in [2.24, 2.45) is 0 Å². The first-order valence-corrected chi connectivity index (χ1v) is 10.3. The van der Waals surface area contributed by atoms with E-state index < -0.39 is 0 Å².